The third-order valence-corrected chi connectivity index (χ3v) is 6.12. The Kier molecular flexibility index (Phi) is 4.96. The molecular formula is C23H19NO2S2. The van der Waals surface area contributed by atoms with Crippen LogP contribution in [0.2, 0.25) is 0 Å². The molecule has 0 saturated carbocycles. The summed E-state index contributed by atoms with van der Waals surface area (Å²) in [6.07, 6.45) is 1.89. The quantitative estimate of drug-likeness (QED) is 0.402. The van der Waals surface area contributed by atoms with E-state index in [4.69, 9.17) is 17.0 Å². The lowest BCUT2D eigenvalue weighted by Crippen LogP contribution is -2.28. The van der Waals surface area contributed by atoms with Crippen LogP contribution in [0.3, 0.4) is 0 Å². The molecule has 1 amide bonds. The zero-order chi connectivity index (χ0) is 19.8. The van der Waals surface area contributed by atoms with E-state index in [1.165, 1.54) is 11.8 Å². The molecule has 0 aliphatic carbocycles. The van der Waals surface area contributed by atoms with Crippen LogP contribution < -0.4 is 9.64 Å². The van der Waals surface area contributed by atoms with E-state index < -0.39 is 0 Å². The van der Waals surface area contributed by atoms with Crippen molar-refractivity contribution in [3.63, 3.8) is 0 Å². The standard InChI is InChI=1S/C23H19NO2S2/c1-14-8-10-19(15(2)12-14)24-22(25)21(28-23(24)27)13-18-17-7-5-4-6-16(17)9-11-20(18)26-3/h4-13H,1-3H3/b21-13-. The summed E-state index contributed by atoms with van der Waals surface area (Å²) in [6.45, 7) is 4.03. The largest absolute Gasteiger partial charge is 0.496 e. The highest BCUT2D eigenvalue weighted by molar-refractivity contribution is 8.27. The SMILES string of the molecule is COc1ccc2ccccc2c1/C=C1\SC(=S)N(c2ccc(C)cc2C)C1=O. The molecule has 0 aromatic heterocycles. The van der Waals surface area contributed by atoms with Gasteiger partial charge in [0.15, 0.2) is 4.32 Å². The normalized spacial score (nSPS) is 15.7. The van der Waals surface area contributed by atoms with Crippen LogP contribution in [0.15, 0.2) is 59.5 Å². The van der Waals surface area contributed by atoms with Gasteiger partial charge in [-0.2, -0.15) is 0 Å². The lowest BCUT2D eigenvalue weighted by Gasteiger charge is -2.17. The molecule has 28 heavy (non-hydrogen) atoms. The predicted octanol–water partition coefficient (Wildman–Crippen LogP) is 5.87. The number of carbonyl (C=O) groups is 1. The highest BCUT2D eigenvalue weighted by Crippen LogP contribution is 2.39. The van der Waals surface area contributed by atoms with Gasteiger partial charge in [0, 0.05) is 5.56 Å². The van der Waals surface area contributed by atoms with E-state index in [0.29, 0.717) is 9.23 Å². The monoisotopic (exact) mass is 405 g/mol. The van der Waals surface area contributed by atoms with E-state index >= 15 is 0 Å². The Labute approximate surface area is 174 Å². The lowest BCUT2D eigenvalue weighted by molar-refractivity contribution is -0.113. The van der Waals surface area contributed by atoms with Gasteiger partial charge < -0.3 is 4.74 Å². The molecule has 3 nitrogen and oxygen atoms in total. The average Bonchev–Trinajstić information content (AvgIpc) is 2.96. The van der Waals surface area contributed by atoms with Crippen LogP contribution in [0.5, 0.6) is 5.75 Å². The van der Waals surface area contributed by atoms with E-state index in [9.17, 15) is 4.79 Å². The van der Waals surface area contributed by atoms with Gasteiger partial charge >= 0.3 is 0 Å². The molecule has 3 aromatic carbocycles. The van der Waals surface area contributed by atoms with Gasteiger partial charge in [0.1, 0.15) is 5.75 Å². The molecule has 0 radical (unpaired) electrons. The van der Waals surface area contributed by atoms with Crippen LogP contribution in [-0.2, 0) is 4.79 Å². The molecule has 0 N–H and O–H groups in total. The van der Waals surface area contributed by atoms with Crippen LogP contribution in [0.1, 0.15) is 16.7 Å². The number of aryl methyl sites for hydroxylation is 2. The minimum Gasteiger partial charge on any atom is -0.496 e. The number of hydrogen-bond acceptors (Lipinski definition) is 4. The third kappa shape index (κ3) is 3.21. The summed E-state index contributed by atoms with van der Waals surface area (Å²) in [4.78, 5) is 15.4. The first-order chi connectivity index (χ1) is 13.5. The maximum Gasteiger partial charge on any atom is 0.270 e. The van der Waals surface area contributed by atoms with Gasteiger partial charge in [0.25, 0.3) is 5.91 Å². The van der Waals surface area contributed by atoms with E-state index in [1.54, 1.807) is 12.0 Å². The number of thioether (sulfide) groups is 1. The van der Waals surface area contributed by atoms with Gasteiger partial charge in [-0.25, -0.2) is 0 Å². The fraction of sp³-hybridized carbons (Fsp3) is 0.130. The molecule has 0 spiro atoms. The number of carbonyl (C=O) groups excluding carboxylic acids is 1. The third-order valence-electron chi connectivity index (χ3n) is 4.81. The van der Waals surface area contributed by atoms with Crippen molar-refractivity contribution in [2.45, 2.75) is 13.8 Å². The number of ether oxygens (including phenoxy) is 1. The number of benzene rings is 3. The van der Waals surface area contributed by atoms with Crippen LogP contribution in [0.25, 0.3) is 16.8 Å². The molecule has 1 aliphatic rings. The Morgan fingerprint density at radius 3 is 2.61 bits per heavy atom. The summed E-state index contributed by atoms with van der Waals surface area (Å²) in [5, 5.41) is 2.14. The molecule has 4 rings (SSSR count). The molecule has 3 aromatic rings. The smallest absolute Gasteiger partial charge is 0.270 e. The van der Waals surface area contributed by atoms with Crippen molar-refractivity contribution < 1.29 is 9.53 Å². The van der Waals surface area contributed by atoms with Crippen LogP contribution >= 0.6 is 24.0 Å². The Bertz CT molecular complexity index is 1150. The molecule has 1 fully saturated rings. The minimum atomic E-state index is -0.100. The molecule has 0 atom stereocenters. The Balaban J connectivity index is 1.81. The second-order valence-electron chi connectivity index (χ2n) is 6.71. The van der Waals surface area contributed by atoms with E-state index in [0.717, 1.165) is 38.9 Å². The van der Waals surface area contributed by atoms with Crippen LogP contribution in [-0.4, -0.2) is 17.3 Å². The van der Waals surface area contributed by atoms with Gasteiger partial charge in [-0.3, -0.25) is 9.69 Å². The van der Waals surface area contributed by atoms with Gasteiger partial charge in [-0.1, -0.05) is 72.0 Å². The number of rotatable bonds is 3. The maximum atomic E-state index is 13.2. The number of hydrogen-bond donors (Lipinski definition) is 0. The first kappa shape index (κ1) is 18.7. The molecule has 5 heteroatoms. The molecule has 1 saturated heterocycles. The van der Waals surface area contributed by atoms with E-state index in [-0.39, 0.29) is 5.91 Å². The number of fused-ring (bicyclic) bond motifs is 1. The fourth-order valence-electron chi connectivity index (χ4n) is 3.47. The second kappa shape index (κ2) is 7.41. The first-order valence-corrected chi connectivity index (χ1v) is 10.1. The van der Waals surface area contributed by atoms with E-state index in [1.807, 2.05) is 68.5 Å². The summed E-state index contributed by atoms with van der Waals surface area (Å²) in [6, 6.07) is 18.0. The van der Waals surface area contributed by atoms with Gasteiger partial charge in [-0.15, -0.1) is 0 Å². The summed E-state index contributed by atoms with van der Waals surface area (Å²) >= 11 is 6.86. The average molecular weight is 406 g/mol. The number of thiocarbonyl (C=S) groups is 1. The number of nitrogens with zero attached hydrogens (tertiary/aromatic N) is 1. The highest BCUT2D eigenvalue weighted by atomic mass is 32.2. The van der Waals surface area contributed by atoms with Crippen molar-refractivity contribution in [3.8, 4) is 5.75 Å². The summed E-state index contributed by atoms with van der Waals surface area (Å²) in [5.41, 5.74) is 3.91. The number of amides is 1. The van der Waals surface area contributed by atoms with Crippen molar-refractivity contribution >= 4 is 56.7 Å². The second-order valence-corrected chi connectivity index (χ2v) is 8.39. The highest BCUT2D eigenvalue weighted by Gasteiger charge is 2.34. The van der Waals surface area contributed by atoms with Crippen molar-refractivity contribution in [2.24, 2.45) is 0 Å². The molecule has 0 bridgehead atoms. The summed E-state index contributed by atoms with van der Waals surface area (Å²) in [5.74, 6) is 0.632. The molecule has 140 valence electrons. The molecule has 0 unspecified atom stereocenters. The molecule has 1 heterocycles. The van der Waals surface area contributed by atoms with E-state index in [2.05, 4.69) is 6.07 Å². The van der Waals surface area contributed by atoms with Gasteiger partial charge in [-0.05, 0) is 48.4 Å². The van der Waals surface area contributed by atoms with Crippen molar-refractivity contribution in [1.82, 2.24) is 0 Å². The Hall–Kier alpha value is -2.63. The first-order valence-electron chi connectivity index (χ1n) is 8.90. The lowest BCUT2D eigenvalue weighted by atomic mass is 10.0. The maximum absolute atomic E-state index is 13.2. The zero-order valence-electron chi connectivity index (χ0n) is 15.9. The number of methoxy groups -OCH3 is 1. The summed E-state index contributed by atoms with van der Waals surface area (Å²) in [7, 11) is 1.64. The van der Waals surface area contributed by atoms with Gasteiger partial charge in [0.05, 0.1) is 17.7 Å². The number of anilines is 1. The zero-order valence-corrected chi connectivity index (χ0v) is 17.5. The minimum absolute atomic E-state index is 0.100. The predicted molar refractivity (Wildman–Crippen MR) is 122 cm³/mol. The van der Waals surface area contributed by atoms with Crippen molar-refractivity contribution in [1.29, 1.82) is 0 Å². The Morgan fingerprint density at radius 2 is 1.86 bits per heavy atom. The van der Waals surface area contributed by atoms with Crippen LogP contribution in [0.4, 0.5) is 5.69 Å². The Morgan fingerprint density at radius 1 is 1.07 bits per heavy atom. The van der Waals surface area contributed by atoms with Crippen LogP contribution in [0, 0.1) is 13.8 Å². The van der Waals surface area contributed by atoms with Crippen molar-refractivity contribution in [2.75, 3.05) is 12.0 Å². The topological polar surface area (TPSA) is 29.5 Å². The molecular weight excluding hydrogens is 386 g/mol. The summed E-state index contributed by atoms with van der Waals surface area (Å²) < 4.78 is 6.10. The van der Waals surface area contributed by atoms with Crippen molar-refractivity contribution in [3.05, 3.63) is 76.2 Å². The van der Waals surface area contributed by atoms with Gasteiger partial charge in [0.2, 0.25) is 0 Å². The fourth-order valence-corrected chi connectivity index (χ4v) is 4.73. The molecule has 1 aliphatic heterocycles.